The smallest absolute Gasteiger partial charge is 0.282 e. The lowest BCUT2D eigenvalue weighted by molar-refractivity contribution is 0.335. The van der Waals surface area contributed by atoms with Crippen LogP contribution in [-0.4, -0.2) is 27.0 Å². The minimum absolute atomic E-state index is 0.214. The van der Waals surface area contributed by atoms with Gasteiger partial charge in [-0.1, -0.05) is 26.0 Å². The number of para-hydroxylation sites is 1. The molecule has 1 aliphatic carbocycles. The molecule has 0 saturated heterocycles. The van der Waals surface area contributed by atoms with Crippen LogP contribution in [0.4, 0.5) is 0 Å². The Morgan fingerprint density at radius 3 is 2.66 bits per heavy atom. The Balaban J connectivity index is 1.51. The van der Waals surface area contributed by atoms with Crippen molar-refractivity contribution in [2.75, 3.05) is 6.61 Å². The molecule has 3 aromatic heterocycles. The van der Waals surface area contributed by atoms with Crippen molar-refractivity contribution in [1.82, 2.24) is 14.2 Å². The van der Waals surface area contributed by atoms with Crippen molar-refractivity contribution < 1.29 is 4.74 Å². The molecule has 0 unspecified atom stereocenters. The van der Waals surface area contributed by atoms with Crippen LogP contribution in [0.3, 0.4) is 0 Å². The molecule has 1 aliphatic rings. The Bertz CT molecular complexity index is 2040. The second kappa shape index (κ2) is 11.9. The molecular formula is C36H37N5O2S. The Morgan fingerprint density at radius 2 is 1.91 bits per heavy atom. The quantitative estimate of drug-likeness (QED) is 0.177. The maximum atomic E-state index is 14.0. The van der Waals surface area contributed by atoms with Crippen LogP contribution in [0.25, 0.3) is 27.3 Å². The zero-order chi connectivity index (χ0) is 31.1. The maximum absolute atomic E-state index is 14.0. The summed E-state index contributed by atoms with van der Waals surface area (Å²) in [5.41, 5.74) is 8.13. The minimum atomic E-state index is -0.229. The summed E-state index contributed by atoms with van der Waals surface area (Å²) in [5, 5.41) is 16.4. The predicted molar refractivity (Wildman–Crippen MR) is 179 cm³/mol. The molecule has 44 heavy (non-hydrogen) atoms. The van der Waals surface area contributed by atoms with E-state index in [1.54, 1.807) is 23.6 Å². The van der Waals surface area contributed by atoms with E-state index in [0.29, 0.717) is 23.3 Å². The van der Waals surface area contributed by atoms with E-state index in [4.69, 9.17) is 14.8 Å². The zero-order valence-corrected chi connectivity index (χ0v) is 27.0. The molecule has 6 rings (SSSR count). The lowest BCUT2D eigenvalue weighted by Gasteiger charge is -2.18. The van der Waals surface area contributed by atoms with Gasteiger partial charge in [-0.3, -0.25) is 4.79 Å². The van der Waals surface area contributed by atoms with Crippen molar-refractivity contribution in [1.29, 1.82) is 5.26 Å². The number of hydrogen-bond acceptors (Lipinski definition) is 6. The lowest BCUT2D eigenvalue weighted by Crippen LogP contribution is -2.21. The van der Waals surface area contributed by atoms with Crippen LogP contribution in [0.1, 0.15) is 83.6 Å². The molecule has 0 saturated carbocycles. The Labute approximate surface area is 262 Å². The van der Waals surface area contributed by atoms with E-state index in [1.807, 2.05) is 45.0 Å². The molecule has 0 radical (unpaired) electrons. The number of nitriles is 1. The lowest BCUT2D eigenvalue weighted by atomic mass is 9.96. The van der Waals surface area contributed by atoms with E-state index in [2.05, 4.69) is 43.5 Å². The molecule has 7 nitrogen and oxygen atoms in total. The standard InChI is InChI=1S/C36H37N5O2S/c1-7-43-32-16-22(4)29(18-28(32)21(2)3)34-39-31-14-10-8-13-27(31)35(42)41(34)38-20-25-17-23(5)40(24(25)6)36-30(19-37)26-12-9-11-15-33(26)44-36/h8,10,13-14,16-18,20-21H,7,9,11-12,15H2,1-6H3. The molecule has 8 heteroatoms. The van der Waals surface area contributed by atoms with Gasteiger partial charge in [-0.15, -0.1) is 11.3 Å². The molecule has 0 amide bonds. The highest BCUT2D eigenvalue weighted by Crippen LogP contribution is 2.38. The van der Waals surface area contributed by atoms with Gasteiger partial charge in [0, 0.05) is 27.4 Å². The van der Waals surface area contributed by atoms with Gasteiger partial charge in [0.2, 0.25) is 0 Å². The van der Waals surface area contributed by atoms with E-state index in [0.717, 1.165) is 69.2 Å². The predicted octanol–water partition coefficient (Wildman–Crippen LogP) is 8.00. The van der Waals surface area contributed by atoms with Gasteiger partial charge >= 0.3 is 0 Å². The summed E-state index contributed by atoms with van der Waals surface area (Å²) in [7, 11) is 0. The fourth-order valence-corrected chi connectivity index (χ4v) is 7.70. The monoisotopic (exact) mass is 603 g/mol. The third kappa shape index (κ3) is 5.05. The molecular weight excluding hydrogens is 566 g/mol. The normalized spacial score (nSPS) is 13.1. The molecule has 0 atom stereocenters. The van der Waals surface area contributed by atoms with Gasteiger partial charge in [0.15, 0.2) is 5.82 Å². The molecule has 2 aromatic carbocycles. The topological polar surface area (TPSA) is 85.2 Å². The second-order valence-corrected chi connectivity index (χ2v) is 12.9. The highest BCUT2D eigenvalue weighted by Gasteiger charge is 2.24. The Kier molecular flexibility index (Phi) is 8.00. The third-order valence-corrected chi connectivity index (χ3v) is 9.80. The first kappa shape index (κ1) is 29.6. The SMILES string of the molecule is CCOc1cc(C)c(-c2nc3ccccc3c(=O)n2N=Cc2cc(C)n(-c3sc4c(c3C#N)CCCC4)c2C)cc1C(C)C. The average molecular weight is 604 g/mol. The van der Waals surface area contributed by atoms with Gasteiger partial charge in [-0.05, 0) is 106 Å². The molecule has 5 aromatic rings. The Hall–Kier alpha value is -4.48. The van der Waals surface area contributed by atoms with Gasteiger partial charge in [-0.25, -0.2) is 4.98 Å². The molecule has 3 heterocycles. The van der Waals surface area contributed by atoms with Crippen LogP contribution in [0.15, 0.2) is 52.4 Å². The average Bonchev–Trinajstić information content (AvgIpc) is 3.51. The van der Waals surface area contributed by atoms with E-state index in [9.17, 15) is 10.1 Å². The first-order valence-electron chi connectivity index (χ1n) is 15.3. The van der Waals surface area contributed by atoms with Gasteiger partial charge in [0.05, 0.1) is 29.3 Å². The summed E-state index contributed by atoms with van der Waals surface area (Å²) < 4.78 is 9.55. The van der Waals surface area contributed by atoms with Crippen molar-refractivity contribution in [3.8, 4) is 28.2 Å². The first-order valence-corrected chi connectivity index (χ1v) is 16.1. The van der Waals surface area contributed by atoms with E-state index >= 15 is 0 Å². The van der Waals surface area contributed by atoms with Gasteiger partial charge in [0.1, 0.15) is 16.8 Å². The van der Waals surface area contributed by atoms with E-state index < -0.39 is 0 Å². The number of aryl methyl sites for hydroxylation is 3. The summed E-state index contributed by atoms with van der Waals surface area (Å²) in [6.45, 7) is 12.9. The van der Waals surface area contributed by atoms with Crippen LogP contribution in [-0.2, 0) is 12.8 Å². The molecule has 0 bridgehead atoms. The van der Waals surface area contributed by atoms with Crippen LogP contribution in [0, 0.1) is 32.1 Å². The molecule has 0 fully saturated rings. The second-order valence-electron chi connectivity index (χ2n) is 11.8. The van der Waals surface area contributed by atoms with Crippen molar-refractivity contribution in [3.05, 3.63) is 96.9 Å². The maximum Gasteiger partial charge on any atom is 0.282 e. The molecule has 0 aliphatic heterocycles. The number of ether oxygens (including phenoxy) is 1. The number of rotatable bonds is 7. The highest BCUT2D eigenvalue weighted by molar-refractivity contribution is 7.15. The number of benzene rings is 2. The van der Waals surface area contributed by atoms with Gasteiger partial charge < -0.3 is 9.30 Å². The fourth-order valence-electron chi connectivity index (χ4n) is 6.25. The van der Waals surface area contributed by atoms with Gasteiger partial charge in [0.25, 0.3) is 5.56 Å². The van der Waals surface area contributed by atoms with Crippen LogP contribution < -0.4 is 10.3 Å². The van der Waals surface area contributed by atoms with Crippen molar-refractivity contribution >= 4 is 28.5 Å². The number of fused-ring (bicyclic) bond motifs is 2. The summed E-state index contributed by atoms with van der Waals surface area (Å²) >= 11 is 1.73. The number of thiophene rings is 1. The van der Waals surface area contributed by atoms with Gasteiger partial charge in [-0.2, -0.15) is 15.0 Å². The summed E-state index contributed by atoms with van der Waals surface area (Å²) in [6.07, 6.45) is 6.04. The number of nitrogens with zero attached hydrogens (tertiary/aromatic N) is 5. The highest BCUT2D eigenvalue weighted by atomic mass is 32.1. The molecule has 0 spiro atoms. The molecule has 224 valence electrons. The third-order valence-electron chi connectivity index (χ3n) is 8.52. The summed E-state index contributed by atoms with van der Waals surface area (Å²) in [5.74, 6) is 1.55. The summed E-state index contributed by atoms with van der Waals surface area (Å²) in [4.78, 5) is 20.3. The van der Waals surface area contributed by atoms with E-state index in [-0.39, 0.29) is 11.5 Å². The summed E-state index contributed by atoms with van der Waals surface area (Å²) in [6, 6.07) is 16.1. The first-order chi connectivity index (χ1) is 21.2. The fraction of sp³-hybridized carbons (Fsp3) is 0.333. The van der Waals surface area contributed by atoms with Crippen LogP contribution in [0.5, 0.6) is 5.75 Å². The zero-order valence-electron chi connectivity index (χ0n) is 26.2. The largest absolute Gasteiger partial charge is 0.494 e. The minimum Gasteiger partial charge on any atom is -0.494 e. The van der Waals surface area contributed by atoms with Crippen molar-refractivity contribution in [2.24, 2.45) is 5.10 Å². The van der Waals surface area contributed by atoms with Crippen molar-refractivity contribution in [2.45, 2.75) is 73.1 Å². The van der Waals surface area contributed by atoms with Crippen LogP contribution in [0.2, 0.25) is 0 Å². The number of aromatic nitrogens is 3. The van der Waals surface area contributed by atoms with E-state index in [1.165, 1.54) is 21.5 Å². The van der Waals surface area contributed by atoms with Crippen molar-refractivity contribution in [3.63, 3.8) is 0 Å². The molecule has 0 N–H and O–H groups in total. The van der Waals surface area contributed by atoms with Crippen LogP contribution >= 0.6 is 11.3 Å². The number of hydrogen-bond donors (Lipinski definition) is 0. The Morgan fingerprint density at radius 1 is 1.14 bits per heavy atom.